The summed E-state index contributed by atoms with van der Waals surface area (Å²) in [6.07, 6.45) is 4.72. The first-order chi connectivity index (χ1) is 8.65. The van der Waals surface area contributed by atoms with Gasteiger partial charge in [-0.15, -0.1) is 0 Å². The van der Waals surface area contributed by atoms with Gasteiger partial charge in [0.05, 0.1) is 12.8 Å². The first kappa shape index (κ1) is 12.6. The van der Waals surface area contributed by atoms with Gasteiger partial charge >= 0.3 is 0 Å². The molecule has 0 spiro atoms. The van der Waals surface area contributed by atoms with E-state index in [2.05, 4.69) is 5.10 Å². The lowest BCUT2D eigenvalue weighted by Crippen LogP contribution is -2.06. The second kappa shape index (κ2) is 5.69. The molecule has 2 aromatic rings. The van der Waals surface area contributed by atoms with Crippen LogP contribution in [0.25, 0.3) is 0 Å². The van der Waals surface area contributed by atoms with Crippen LogP contribution in [0.3, 0.4) is 0 Å². The average Bonchev–Trinajstić information content (AvgIpc) is 2.75. The van der Waals surface area contributed by atoms with Gasteiger partial charge in [0.2, 0.25) is 0 Å². The Hall–Kier alpha value is -1.81. The molecule has 0 bridgehead atoms. The molecule has 4 nitrogen and oxygen atoms in total. The number of nitrogens with two attached hydrogens (primary N) is 1. The van der Waals surface area contributed by atoms with Gasteiger partial charge in [0.15, 0.2) is 0 Å². The zero-order chi connectivity index (χ0) is 13.0. The van der Waals surface area contributed by atoms with E-state index >= 15 is 0 Å². The van der Waals surface area contributed by atoms with Gasteiger partial charge in [-0.2, -0.15) is 5.10 Å². The van der Waals surface area contributed by atoms with Crippen LogP contribution in [0.15, 0.2) is 36.7 Å². The van der Waals surface area contributed by atoms with Crippen molar-refractivity contribution in [3.63, 3.8) is 0 Å². The maximum absolute atomic E-state index is 5.84. The Morgan fingerprint density at radius 1 is 1.44 bits per heavy atom. The first-order valence-corrected chi connectivity index (χ1v) is 6.11. The molecule has 2 N–H and O–H groups in total. The quantitative estimate of drug-likeness (QED) is 0.877. The van der Waals surface area contributed by atoms with Gasteiger partial charge in [0.25, 0.3) is 0 Å². The van der Waals surface area contributed by atoms with Gasteiger partial charge in [-0.25, -0.2) is 0 Å². The summed E-state index contributed by atoms with van der Waals surface area (Å²) in [6, 6.07) is 7.96. The highest BCUT2D eigenvalue weighted by Gasteiger charge is 2.02. The van der Waals surface area contributed by atoms with Crippen molar-refractivity contribution in [1.29, 1.82) is 0 Å². The van der Waals surface area contributed by atoms with Gasteiger partial charge in [0.1, 0.15) is 5.75 Å². The van der Waals surface area contributed by atoms with E-state index in [0.717, 1.165) is 17.7 Å². The number of nitrogens with zero attached hydrogens (tertiary/aromatic N) is 2. The van der Waals surface area contributed by atoms with Crippen LogP contribution < -0.4 is 10.5 Å². The second-order valence-electron chi connectivity index (χ2n) is 4.48. The standard InChI is InChI=1S/C14H19N3O/c1-11(15)13-4-3-5-14(8-13)18-7-6-12-9-16-17(2)10-12/h3-5,8-11H,6-7,15H2,1-2H3. The molecular weight excluding hydrogens is 226 g/mol. The Morgan fingerprint density at radius 2 is 2.28 bits per heavy atom. The summed E-state index contributed by atoms with van der Waals surface area (Å²) in [6.45, 7) is 2.61. The summed E-state index contributed by atoms with van der Waals surface area (Å²) in [5, 5.41) is 4.12. The molecule has 2 rings (SSSR count). The molecule has 0 radical (unpaired) electrons. The van der Waals surface area contributed by atoms with Crippen molar-refractivity contribution in [2.45, 2.75) is 19.4 Å². The molecule has 0 saturated heterocycles. The molecule has 0 aliphatic carbocycles. The van der Waals surface area contributed by atoms with Gasteiger partial charge in [0, 0.05) is 25.7 Å². The van der Waals surface area contributed by atoms with Crippen molar-refractivity contribution < 1.29 is 4.74 Å². The van der Waals surface area contributed by atoms with Crippen LogP contribution in [0.4, 0.5) is 0 Å². The van der Waals surface area contributed by atoms with E-state index in [-0.39, 0.29) is 6.04 Å². The van der Waals surface area contributed by atoms with Crippen LogP contribution >= 0.6 is 0 Å². The molecule has 0 fully saturated rings. The van der Waals surface area contributed by atoms with Gasteiger partial charge in [-0.1, -0.05) is 12.1 Å². The second-order valence-corrected chi connectivity index (χ2v) is 4.48. The minimum Gasteiger partial charge on any atom is -0.493 e. The highest BCUT2D eigenvalue weighted by molar-refractivity contribution is 5.30. The molecule has 0 aliphatic heterocycles. The molecule has 0 aliphatic rings. The number of aryl methyl sites for hydroxylation is 1. The lowest BCUT2D eigenvalue weighted by Gasteiger charge is -2.09. The number of hydrogen-bond donors (Lipinski definition) is 1. The third-order valence-corrected chi connectivity index (χ3v) is 2.80. The Labute approximate surface area is 107 Å². The highest BCUT2D eigenvalue weighted by Crippen LogP contribution is 2.17. The fraction of sp³-hybridized carbons (Fsp3) is 0.357. The minimum absolute atomic E-state index is 0.0341. The van der Waals surface area contributed by atoms with E-state index in [4.69, 9.17) is 10.5 Å². The van der Waals surface area contributed by atoms with E-state index < -0.39 is 0 Å². The van der Waals surface area contributed by atoms with Crippen molar-refractivity contribution in [3.05, 3.63) is 47.8 Å². The fourth-order valence-corrected chi connectivity index (χ4v) is 1.78. The molecular formula is C14H19N3O. The van der Waals surface area contributed by atoms with Gasteiger partial charge < -0.3 is 10.5 Å². The topological polar surface area (TPSA) is 53.1 Å². The number of hydrogen-bond acceptors (Lipinski definition) is 3. The number of ether oxygens (including phenoxy) is 1. The maximum Gasteiger partial charge on any atom is 0.119 e. The number of benzene rings is 1. The summed E-state index contributed by atoms with van der Waals surface area (Å²) < 4.78 is 7.52. The van der Waals surface area contributed by atoms with Crippen molar-refractivity contribution in [2.75, 3.05) is 6.61 Å². The normalized spacial score (nSPS) is 12.4. The van der Waals surface area contributed by atoms with Crippen LogP contribution in [0.5, 0.6) is 5.75 Å². The van der Waals surface area contributed by atoms with E-state index in [9.17, 15) is 0 Å². The predicted molar refractivity (Wildman–Crippen MR) is 71.5 cm³/mol. The third-order valence-electron chi connectivity index (χ3n) is 2.80. The van der Waals surface area contributed by atoms with Crippen LogP contribution in [0, 0.1) is 0 Å². The molecule has 18 heavy (non-hydrogen) atoms. The Bertz CT molecular complexity index is 505. The van der Waals surface area contributed by atoms with Crippen LogP contribution in [0.2, 0.25) is 0 Å². The lowest BCUT2D eigenvalue weighted by molar-refractivity contribution is 0.321. The highest BCUT2D eigenvalue weighted by atomic mass is 16.5. The third kappa shape index (κ3) is 3.34. The van der Waals surface area contributed by atoms with Crippen LogP contribution in [0.1, 0.15) is 24.1 Å². The molecule has 0 saturated carbocycles. The zero-order valence-corrected chi connectivity index (χ0v) is 10.8. The van der Waals surface area contributed by atoms with Crippen LogP contribution in [-0.2, 0) is 13.5 Å². The molecule has 1 heterocycles. The molecule has 96 valence electrons. The minimum atomic E-state index is 0.0341. The first-order valence-electron chi connectivity index (χ1n) is 6.11. The van der Waals surface area contributed by atoms with Gasteiger partial charge in [-0.05, 0) is 30.2 Å². The van der Waals surface area contributed by atoms with Crippen molar-refractivity contribution in [1.82, 2.24) is 9.78 Å². The monoisotopic (exact) mass is 245 g/mol. The van der Waals surface area contributed by atoms with E-state index in [1.54, 1.807) is 4.68 Å². The SMILES string of the molecule is CC(N)c1cccc(OCCc2cnn(C)c2)c1. The summed E-state index contributed by atoms with van der Waals surface area (Å²) >= 11 is 0. The largest absolute Gasteiger partial charge is 0.493 e. The van der Waals surface area contributed by atoms with Crippen LogP contribution in [-0.4, -0.2) is 16.4 Å². The van der Waals surface area contributed by atoms with E-state index in [1.165, 1.54) is 5.56 Å². The summed E-state index contributed by atoms with van der Waals surface area (Å²) in [7, 11) is 1.91. The Kier molecular flexibility index (Phi) is 3.99. The molecule has 0 amide bonds. The smallest absolute Gasteiger partial charge is 0.119 e. The number of rotatable bonds is 5. The van der Waals surface area contributed by atoms with Gasteiger partial charge in [-0.3, -0.25) is 4.68 Å². The summed E-state index contributed by atoms with van der Waals surface area (Å²) in [5.74, 6) is 0.869. The Morgan fingerprint density at radius 3 is 2.94 bits per heavy atom. The van der Waals surface area contributed by atoms with Crippen molar-refractivity contribution in [3.8, 4) is 5.75 Å². The molecule has 4 heteroatoms. The average molecular weight is 245 g/mol. The Balaban J connectivity index is 1.88. The molecule has 1 aromatic heterocycles. The summed E-state index contributed by atoms with van der Waals surface area (Å²) in [5.41, 5.74) is 8.11. The fourth-order valence-electron chi connectivity index (χ4n) is 1.78. The lowest BCUT2D eigenvalue weighted by atomic mass is 10.1. The molecule has 1 aromatic carbocycles. The van der Waals surface area contributed by atoms with Crippen molar-refractivity contribution in [2.24, 2.45) is 12.8 Å². The van der Waals surface area contributed by atoms with E-state index in [0.29, 0.717) is 6.61 Å². The zero-order valence-electron chi connectivity index (χ0n) is 10.8. The number of aromatic nitrogens is 2. The molecule has 1 atom stereocenters. The van der Waals surface area contributed by atoms with Crippen molar-refractivity contribution >= 4 is 0 Å². The predicted octanol–water partition coefficient (Wildman–Crippen LogP) is 2.06. The van der Waals surface area contributed by atoms with E-state index in [1.807, 2.05) is 50.6 Å². The maximum atomic E-state index is 5.84. The summed E-state index contributed by atoms with van der Waals surface area (Å²) in [4.78, 5) is 0. The molecule has 1 unspecified atom stereocenters.